The number of benzene rings is 1. The van der Waals surface area contributed by atoms with Gasteiger partial charge in [-0.3, -0.25) is 0 Å². The Morgan fingerprint density at radius 2 is 2.17 bits per heavy atom. The minimum atomic E-state index is 0.312. The molecule has 0 radical (unpaired) electrons. The van der Waals surface area contributed by atoms with Crippen LogP contribution >= 0.6 is 0 Å². The van der Waals surface area contributed by atoms with E-state index >= 15 is 0 Å². The van der Waals surface area contributed by atoms with E-state index < -0.39 is 0 Å². The number of nitrogens with zero attached hydrogens (tertiary/aromatic N) is 2. The number of hydrogen-bond donors (Lipinski definition) is 1. The lowest BCUT2D eigenvalue weighted by molar-refractivity contribution is 0.184. The highest BCUT2D eigenvalue weighted by Crippen LogP contribution is 2.20. The Balaban J connectivity index is 2.22. The Bertz CT molecular complexity index is 468. The van der Waals surface area contributed by atoms with Gasteiger partial charge in [-0.1, -0.05) is 19.1 Å². The van der Waals surface area contributed by atoms with E-state index in [9.17, 15) is 0 Å². The van der Waals surface area contributed by atoms with E-state index in [0.717, 1.165) is 17.8 Å². The number of rotatable bonds is 6. The van der Waals surface area contributed by atoms with Gasteiger partial charge >= 0.3 is 0 Å². The van der Waals surface area contributed by atoms with Crippen molar-refractivity contribution < 1.29 is 4.74 Å². The predicted molar refractivity (Wildman–Crippen MR) is 73.1 cm³/mol. The third-order valence-corrected chi connectivity index (χ3v) is 2.88. The Hall–Kier alpha value is -1.81. The molecule has 1 aromatic heterocycles. The van der Waals surface area contributed by atoms with Gasteiger partial charge in [-0.15, -0.1) is 0 Å². The van der Waals surface area contributed by atoms with Crippen molar-refractivity contribution >= 4 is 5.69 Å². The van der Waals surface area contributed by atoms with Crippen molar-refractivity contribution in [1.82, 2.24) is 9.78 Å². The summed E-state index contributed by atoms with van der Waals surface area (Å²) in [5.41, 5.74) is 2.13. The number of para-hydroxylation sites is 2. The fourth-order valence-corrected chi connectivity index (χ4v) is 1.89. The molecule has 0 aliphatic rings. The number of nitrogens with one attached hydrogen (secondary N) is 1. The normalized spacial score (nSPS) is 12.3. The monoisotopic (exact) mass is 245 g/mol. The molecule has 1 atom stereocenters. The summed E-state index contributed by atoms with van der Waals surface area (Å²) in [5, 5.41) is 7.77. The first-order chi connectivity index (χ1) is 8.85. The van der Waals surface area contributed by atoms with Crippen molar-refractivity contribution in [3.63, 3.8) is 0 Å². The molecule has 18 heavy (non-hydrogen) atoms. The minimum absolute atomic E-state index is 0.312. The third-order valence-electron chi connectivity index (χ3n) is 2.88. The van der Waals surface area contributed by atoms with Gasteiger partial charge in [0.1, 0.15) is 0 Å². The zero-order valence-electron chi connectivity index (χ0n) is 10.8. The fourth-order valence-electron chi connectivity index (χ4n) is 1.89. The van der Waals surface area contributed by atoms with Gasteiger partial charge in [-0.05, 0) is 24.6 Å². The first-order valence-corrected chi connectivity index (χ1v) is 6.19. The van der Waals surface area contributed by atoms with E-state index in [1.807, 2.05) is 29.1 Å². The number of methoxy groups -OCH3 is 1. The Morgan fingerprint density at radius 1 is 1.33 bits per heavy atom. The summed E-state index contributed by atoms with van der Waals surface area (Å²) in [5.74, 6) is 0. The molecule has 2 rings (SSSR count). The Labute approximate surface area is 108 Å². The van der Waals surface area contributed by atoms with Crippen LogP contribution < -0.4 is 5.32 Å². The van der Waals surface area contributed by atoms with Gasteiger partial charge in [-0.2, -0.15) is 5.10 Å². The molecule has 0 aliphatic carbocycles. The van der Waals surface area contributed by atoms with E-state index in [1.165, 1.54) is 0 Å². The molecule has 0 saturated carbocycles. The molecule has 0 aliphatic heterocycles. The van der Waals surface area contributed by atoms with Crippen LogP contribution in [0.3, 0.4) is 0 Å². The summed E-state index contributed by atoms with van der Waals surface area (Å²) in [6, 6.07) is 10.4. The average molecular weight is 245 g/mol. The van der Waals surface area contributed by atoms with Gasteiger partial charge in [0.2, 0.25) is 0 Å². The fraction of sp³-hybridized carbons (Fsp3) is 0.357. The molecule has 0 amide bonds. The van der Waals surface area contributed by atoms with Crippen LogP contribution in [0.1, 0.15) is 13.3 Å². The zero-order valence-corrected chi connectivity index (χ0v) is 10.8. The van der Waals surface area contributed by atoms with Crippen molar-refractivity contribution in [2.24, 2.45) is 0 Å². The molecule has 1 N–H and O–H groups in total. The second-order valence-corrected chi connectivity index (χ2v) is 4.17. The number of ether oxygens (including phenoxy) is 1. The average Bonchev–Trinajstić information content (AvgIpc) is 2.92. The molecule has 0 bridgehead atoms. The van der Waals surface area contributed by atoms with Crippen molar-refractivity contribution in [3.05, 3.63) is 42.7 Å². The first kappa shape index (κ1) is 12.6. The van der Waals surface area contributed by atoms with E-state index in [0.29, 0.717) is 12.6 Å². The minimum Gasteiger partial charge on any atom is -0.383 e. The standard InChI is InChI=1S/C14H19N3O/c1-3-12(11-18-2)16-13-7-4-5-8-14(13)17-10-6-9-15-17/h4-10,12,16H,3,11H2,1-2H3. The zero-order chi connectivity index (χ0) is 12.8. The van der Waals surface area contributed by atoms with Crippen LogP contribution in [0.15, 0.2) is 42.7 Å². The van der Waals surface area contributed by atoms with Crippen molar-refractivity contribution in [3.8, 4) is 5.69 Å². The summed E-state index contributed by atoms with van der Waals surface area (Å²) in [6.45, 7) is 2.84. The maximum atomic E-state index is 5.21. The van der Waals surface area contributed by atoms with Crippen LogP contribution in [0.2, 0.25) is 0 Å². The summed E-state index contributed by atoms with van der Waals surface area (Å²) in [7, 11) is 1.73. The van der Waals surface area contributed by atoms with Crippen LogP contribution in [0, 0.1) is 0 Å². The molecule has 1 heterocycles. The van der Waals surface area contributed by atoms with Crippen molar-refractivity contribution in [2.45, 2.75) is 19.4 Å². The van der Waals surface area contributed by atoms with E-state index in [4.69, 9.17) is 4.74 Å². The first-order valence-electron chi connectivity index (χ1n) is 6.19. The summed E-state index contributed by atoms with van der Waals surface area (Å²) < 4.78 is 7.08. The van der Waals surface area contributed by atoms with Gasteiger partial charge in [0.15, 0.2) is 0 Å². The summed E-state index contributed by atoms with van der Waals surface area (Å²) in [6.07, 6.45) is 4.74. The molecular formula is C14H19N3O. The smallest absolute Gasteiger partial charge is 0.0876 e. The third kappa shape index (κ3) is 2.90. The highest BCUT2D eigenvalue weighted by atomic mass is 16.5. The molecule has 1 aromatic carbocycles. The highest BCUT2D eigenvalue weighted by Gasteiger charge is 2.09. The molecule has 4 heteroatoms. The van der Waals surface area contributed by atoms with Gasteiger partial charge in [0, 0.05) is 25.5 Å². The van der Waals surface area contributed by atoms with Crippen LogP contribution in [0.25, 0.3) is 5.69 Å². The molecule has 0 spiro atoms. The quantitative estimate of drug-likeness (QED) is 0.850. The van der Waals surface area contributed by atoms with Crippen LogP contribution in [0.5, 0.6) is 0 Å². The van der Waals surface area contributed by atoms with E-state index in [2.05, 4.69) is 29.5 Å². The molecular weight excluding hydrogens is 226 g/mol. The van der Waals surface area contributed by atoms with Crippen LogP contribution in [-0.2, 0) is 4.74 Å². The van der Waals surface area contributed by atoms with Crippen molar-refractivity contribution in [2.75, 3.05) is 19.0 Å². The lowest BCUT2D eigenvalue weighted by atomic mass is 10.2. The molecule has 0 fully saturated rings. The van der Waals surface area contributed by atoms with Gasteiger partial charge in [-0.25, -0.2) is 4.68 Å². The number of hydrogen-bond acceptors (Lipinski definition) is 3. The Kier molecular flexibility index (Phi) is 4.36. The number of aromatic nitrogens is 2. The van der Waals surface area contributed by atoms with Gasteiger partial charge in [0.05, 0.1) is 18.0 Å². The highest BCUT2D eigenvalue weighted by molar-refractivity contribution is 5.61. The maximum absolute atomic E-state index is 5.21. The van der Waals surface area contributed by atoms with Crippen LogP contribution in [-0.4, -0.2) is 29.5 Å². The maximum Gasteiger partial charge on any atom is 0.0876 e. The van der Waals surface area contributed by atoms with Gasteiger partial charge in [0.25, 0.3) is 0 Å². The molecule has 2 aromatic rings. The summed E-state index contributed by atoms with van der Waals surface area (Å²) in [4.78, 5) is 0. The second-order valence-electron chi connectivity index (χ2n) is 4.17. The van der Waals surface area contributed by atoms with E-state index in [-0.39, 0.29) is 0 Å². The molecule has 1 unspecified atom stereocenters. The molecule has 0 saturated heterocycles. The lowest BCUT2D eigenvalue weighted by Crippen LogP contribution is -2.24. The predicted octanol–water partition coefficient (Wildman–Crippen LogP) is 2.71. The largest absolute Gasteiger partial charge is 0.383 e. The van der Waals surface area contributed by atoms with Crippen molar-refractivity contribution in [1.29, 1.82) is 0 Å². The molecule has 4 nitrogen and oxygen atoms in total. The van der Waals surface area contributed by atoms with Crippen LogP contribution in [0.4, 0.5) is 5.69 Å². The Morgan fingerprint density at radius 3 is 2.83 bits per heavy atom. The summed E-state index contributed by atoms with van der Waals surface area (Å²) >= 11 is 0. The van der Waals surface area contributed by atoms with Gasteiger partial charge < -0.3 is 10.1 Å². The number of anilines is 1. The topological polar surface area (TPSA) is 39.1 Å². The lowest BCUT2D eigenvalue weighted by Gasteiger charge is -2.19. The SMILES string of the molecule is CCC(COC)Nc1ccccc1-n1cccn1. The molecule has 96 valence electrons. The van der Waals surface area contributed by atoms with E-state index in [1.54, 1.807) is 13.3 Å². The second kappa shape index (κ2) is 6.21.